The third-order valence-corrected chi connectivity index (χ3v) is 5.46. The number of carbonyl (C=O) groups excluding carboxylic acids is 3. The lowest BCUT2D eigenvalue weighted by Crippen LogP contribution is -2.44. The van der Waals surface area contributed by atoms with Gasteiger partial charge in [-0.2, -0.15) is 0 Å². The van der Waals surface area contributed by atoms with E-state index in [2.05, 4.69) is 10.6 Å². The third kappa shape index (κ3) is 6.23. The molecule has 0 bridgehead atoms. The number of carbonyl (C=O) groups is 3. The molecule has 1 atom stereocenters. The van der Waals surface area contributed by atoms with Gasteiger partial charge >= 0.3 is 6.03 Å². The highest BCUT2D eigenvalue weighted by molar-refractivity contribution is 5.97. The summed E-state index contributed by atoms with van der Waals surface area (Å²) in [5, 5.41) is 5.65. The van der Waals surface area contributed by atoms with Gasteiger partial charge in [0.1, 0.15) is 11.8 Å². The predicted molar refractivity (Wildman–Crippen MR) is 122 cm³/mol. The standard InChI is InChI=1S/C24H30N4O4/c1-27(17-18-7-4-3-5-8-18)24(31)25-15-14-22(29)28-16-6-9-21(28)23(30)26-19-10-12-20(32-2)13-11-19/h3-5,7-8,10-13,21H,6,9,14-17H2,1-2H3,(H,25,31)(H,26,30). The minimum absolute atomic E-state index is 0.136. The van der Waals surface area contributed by atoms with Crippen molar-refractivity contribution in [1.82, 2.24) is 15.1 Å². The number of methoxy groups -OCH3 is 1. The highest BCUT2D eigenvalue weighted by Crippen LogP contribution is 2.21. The Morgan fingerprint density at radius 3 is 2.50 bits per heavy atom. The molecule has 1 heterocycles. The summed E-state index contributed by atoms with van der Waals surface area (Å²) in [6, 6.07) is 16.0. The van der Waals surface area contributed by atoms with Gasteiger partial charge in [0.25, 0.3) is 0 Å². The fourth-order valence-corrected chi connectivity index (χ4v) is 3.72. The first kappa shape index (κ1) is 23.1. The Hall–Kier alpha value is -3.55. The first-order valence-corrected chi connectivity index (χ1v) is 10.7. The number of ether oxygens (including phenoxy) is 1. The van der Waals surface area contributed by atoms with E-state index >= 15 is 0 Å². The number of nitrogens with one attached hydrogen (secondary N) is 2. The van der Waals surface area contributed by atoms with E-state index in [0.29, 0.717) is 30.9 Å². The molecule has 8 heteroatoms. The van der Waals surface area contributed by atoms with Crippen molar-refractivity contribution in [3.63, 3.8) is 0 Å². The zero-order valence-electron chi connectivity index (χ0n) is 18.5. The van der Waals surface area contributed by atoms with Gasteiger partial charge < -0.3 is 25.2 Å². The van der Waals surface area contributed by atoms with Gasteiger partial charge in [0.15, 0.2) is 0 Å². The van der Waals surface area contributed by atoms with Crippen molar-refractivity contribution in [2.45, 2.75) is 31.8 Å². The van der Waals surface area contributed by atoms with Gasteiger partial charge in [-0.15, -0.1) is 0 Å². The van der Waals surface area contributed by atoms with Gasteiger partial charge in [-0.1, -0.05) is 30.3 Å². The Morgan fingerprint density at radius 1 is 1.09 bits per heavy atom. The van der Waals surface area contributed by atoms with Gasteiger partial charge in [0, 0.05) is 38.8 Å². The van der Waals surface area contributed by atoms with Crippen LogP contribution in [0, 0.1) is 0 Å². The monoisotopic (exact) mass is 438 g/mol. The third-order valence-electron chi connectivity index (χ3n) is 5.46. The molecule has 8 nitrogen and oxygen atoms in total. The molecule has 2 aromatic carbocycles. The van der Waals surface area contributed by atoms with Crippen molar-refractivity contribution in [3.05, 3.63) is 60.2 Å². The van der Waals surface area contributed by atoms with Crippen molar-refractivity contribution in [1.29, 1.82) is 0 Å². The van der Waals surface area contributed by atoms with Gasteiger partial charge in [-0.05, 0) is 42.7 Å². The zero-order chi connectivity index (χ0) is 22.9. The van der Waals surface area contributed by atoms with Crippen LogP contribution in [0.3, 0.4) is 0 Å². The molecule has 170 valence electrons. The lowest BCUT2D eigenvalue weighted by atomic mass is 10.2. The second kappa shape index (κ2) is 11.2. The number of likely N-dealkylation sites (tertiary alicyclic amines) is 1. The van der Waals surface area contributed by atoms with Crippen molar-refractivity contribution in [3.8, 4) is 5.75 Å². The van der Waals surface area contributed by atoms with E-state index in [4.69, 9.17) is 4.74 Å². The molecule has 0 saturated carbocycles. The maximum atomic E-state index is 12.7. The maximum absolute atomic E-state index is 12.7. The maximum Gasteiger partial charge on any atom is 0.317 e. The number of hydrogen-bond donors (Lipinski definition) is 2. The fraction of sp³-hybridized carbons (Fsp3) is 0.375. The van der Waals surface area contributed by atoms with E-state index in [1.807, 2.05) is 30.3 Å². The van der Waals surface area contributed by atoms with Crippen molar-refractivity contribution >= 4 is 23.5 Å². The topological polar surface area (TPSA) is 91.0 Å². The molecule has 1 saturated heterocycles. The fourth-order valence-electron chi connectivity index (χ4n) is 3.72. The molecule has 1 aliphatic rings. The molecule has 0 spiro atoms. The molecule has 1 aliphatic heterocycles. The number of rotatable bonds is 8. The highest BCUT2D eigenvalue weighted by atomic mass is 16.5. The Morgan fingerprint density at radius 2 is 1.81 bits per heavy atom. The molecule has 2 N–H and O–H groups in total. The van der Waals surface area contributed by atoms with Crippen LogP contribution in [0.5, 0.6) is 5.75 Å². The summed E-state index contributed by atoms with van der Waals surface area (Å²) in [7, 11) is 3.30. The average molecular weight is 439 g/mol. The number of urea groups is 1. The summed E-state index contributed by atoms with van der Waals surface area (Å²) in [5.74, 6) is 0.369. The summed E-state index contributed by atoms with van der Waals surface area (Å²) in [5.41, 5.74) is 1.69. The second-order valence-corrected chi connectivity index (χ2v) is 7.79. The minimum Gasteiger partial charge on any atom is -0.497 e. The van der Waals surface area contributed by atoms with Crippen LogP contribution >= 0.6 is 0 Å². The first-order chi connectivity index (χ1) is 15.5. The summed E-state index contributed by atoms with van der Waals surface area (Å²) in [6.07, 6.45) is 1.55. The summed E-state index contributed by atoms with van der Waals surface area (Å²) in [4.78, 5) is 40.9. The molecule has 1 unspecified atom stereocenters. The molecule has 3 rings (SSSR count). The molecule has 4 amide bonds. The zero-order valence-corrected chi connectivity index (χ0v) is 18.5. The van der Waals surface area contributed by atoms with Gasteiger partial charge in [-0.3, -0.25) is 9.59 Å². The summed E-state index contributed by atoms with van der Waals surface area (Å²) < 4.78 is 5.12. The van der Waals surface area contributed by atoms with Gasteiger partial charge in [-0.25, -0.2) is 4.79 Å². The predicted octanol–water partition coefficient (Wildman–Crippen LogP) is 2.86. The van der Waals surface area contributed by atoms with E-state index < -0.39 is 6.04 Å². The number of hydrogen-bond acceptors (Lipinski definition) is 4. The number of nitrogens with zero attached hydrogens (tertiary/aromatic N) is 2. The Labute approximate surface area is 188 Å². The molecule has 1 fully saturated rings. The van der Waals surface area contributed by atoms with Crippen LogP contribution in [0.2, 0.25) is 0 Å². The van der Waals surface area contributed by atoms with E-state index in [9.17, 15) is 14.4 Å². The summed E-state index contributed by atoms with van der Waals surface area (Å²) >= 11 is 0. The van der Waals surface area contributed by atoms with Crippen molar-refractivity contribution in [2.24, 2.45) is 0 Å². The highest BCUT2D eigenvalue weighted by Gasteiger charge is 2.33. The van der Waals surface area contributed by atoms with E-state index in [0.717, 1.165) is 12.0 Å². The number of anilines is 1. The van der Waals surface area contributed by atoms with Crippen LogP contribution in [0.15, 0.2) is 54.6 Å². The van der Waals surface area contributed by atoms with Crippen molar-refractivity contribution < 1.29 is 19.1 Å². The van der Waals surface area contributed by atoms with Crippen LogP contribution in [0.1, 0.15) is 24.8 Å². The van der Waals surface area contributed by atoms with Crippen LogP contribution in [-0.2, 0) is 16.1 Å². The van der Waals surface area contributed by atoms with E-state index in [-0.39, 0.29) is 30.8 Å². The van der Waals surface area contributed by atoms with Gasteiger partial charge in [0.2, 0.25) is 11.8 Å². The SMILES string of the molecule is COc1ccc(NC(=O)C2CCCN2C(=O)CCNC(=O)N(C)Cc2ccccc2)cc1. The second-order valence-electron chi connectivity index (χ2n) is 7.79. The Balaban J connectivity index is 1.45. The normalized spacial score (nSPS) is 15.2. The van der Waals surface area contributed by atoms with Gasteiger partial charge in [0.05, 0.1) is 7.11 Å². The van der Waals surface area contributed by atoms with Crippen LogP contribution in [0.4, 0.5) is 10.5 Å². The van der Waals surface area contributed by atoms with Crippen LogP contribution in [-0.4, -0.2) is 60.9 Å². The minimum atomic E-state index is -0.499. The molecule has 0 aromatic heterocycles. The molecule has 0 radical (unpaired) electrons. The quantitative estimate of drug-likeness (QED) is 0.663. The molecule has 2 aromatic rings. The van der Waals surface area contributed by atoms with Crippen LogP contribution < -0.4 is 15.4 Å². The smallest absolute Gasteiger partial charge is 0.317 e. The van der Waals surface area contributed by atoms with Crippen LogP contribution in [0.25, 0.3) is 0 Å². The lowest BCUT2D eigenvalue weighted by molar-refractivity contribution is -0.136. The average Bonchev–Trinajstić information content (AvgIpc) is 3.30. The van der Waals surface area contributed by atoms with E-state index in [1.54, 1.807) is 48.2 Å². The molecule has 32 heavy (non-hydrogen) atoms. The van der Waals surface area contributed by atoms with Crippen molar-refractivity contribution in [2.75, 3.05) is 32.6 Å². The lowest BCUT2D eigenvalue weighted by Gasteiger charge is -2.24. The Bertz CT molecular complexity index is 917. The number of benzene rings is 2. The number of amides is 4. The Kier molecular flexibility index (Phi) is 8.08. The summed E-state index contributed by atoms with van der Waals surface area (Å²) in [6.45, 7) is 1.25. The largest absolute Gasteiger partial charge is 0.497 e. The van der Waals surface area contributed by atoms with E-state index in [1.165, 1.54) is 0 Å². The molecular weight excluding hydrogens is 408 g/mol. The molecule has 0 aliphatic carbocycles. The first-order valence-electron chi connectivity index (χ1n) is 10.7. The molecular formula is C24H30N4O4.